The lowest BCUT2D eigenvalue weighted by Crippen LogP contribution is -2.25. The van der Waals surface area contributed by atoms with Gasteiger partial charge in [-0.1, -0.05) is 0 Å². The van der Waals surface area contributed by atoms with Crippen molar-refractivity contribution in [3.63, 3.8) is 0 Å². The molecule has 1 heterocycles. The molecule has 0 radical (unpaired) electrons. The Kier molecular flexibility index (Phi) is 3.67. The predicted molar refractivity (Wildman–Crippen MR) is 71.9 cm³/mol. The topological polar surface area (TPSA) is 82.2 Å². The zero-order valence-electron chi connectivity index (χ0n) is 11.0. The lowest BCUT2D eigenvalue weighted by atomic mass is 10.1. The third-order valence-corrected chi connectivity index (χ3v) is 3.57. The number of nitro groups is 1. The quantitative estimate of drug-likeness (QED) is 0.663. The average molecular weight is 260 g/mol. The molecule has 1 aromatic rings. The SMILES string of the molecule is CC1CC(Nc2ccc(C#N)cc2[N+](=O)[O-])CN1C. The van der Waals surface area contributed by atoms with Gasteiger partial charge in [-0.2, -0.15) is 5.26 Å². The molecule has 1 aromatic carbocycles. The molecule has 19 heavy (non-hydrogen) atoms. The monoisotopic (exact) mass is 260 g/mol. The normalized spacial score (nSPS) is 23.0. The molecule has 1 aliphatic heterocycles. The Bertz CT molecular complexity index is 528. The molecule has 0 aliphatic carbocycles. The molecule has 0 bridgehead atoms. The van der Waals surface area contributed by atoms with E-state index in [1.165, 1.54) is 6.07 Å². The van der Waals surface area contributed by atoms with Crippen molar-refractivity contribution < 1.29 is 4.92 Å². The van der Waals surface area contributed by atoms with Gasteiger partial charge in [0.2, 0.25) is 0 Å². The maximum atomic E-state index is 11.0. The average Bonchev–Trinajstić information content (AvgIpc) is 2.68. The molecule has 2 atom stereocenters. The van der Waals surface area contributed by atoms with Crippen LogP contribution >= 0.6 is 0 Å². The molecular formula is C13H16N4O2. The fourth-order valence-corrected chi connectivity index (χ4v) is 2.39. The van der Waals surface area contributed by atoms with E-state index in [0.29, 0.717) is 17.3 Å². The number of rotatable bonds is 3. The number of nitro benzene ring substituents is 1. The Morgan fingerprint density at radius 2 is 2.32 bits per heavy atom. The zero-order valence-corrected chi connectivity index (χ0v) is 11.0. The van der Waals surface area contributed by atoms with Crippen LogP contribution in [0.15, 0.2) is 18.2 Å². The second kappa shape index (κ2) is 5.24. The number of hydrogen-bond donors (Lipinski definition) is 1. The molecule has 100 valence electrons. The number of likely N-dealkylation sites (tertiary alicyclic amines) is 1. The molecule has 0 amide bonds. The Balaban J connectivity index is 2.21. The van der Waals surface area contributed by atoms with Crippen LogP contribution in [0.5, 0.6) is 0 Å². The number of nitrogens with zero attached hydrogens (tertiary/aromatic N) is 3. The van der Waals surface area contributed by atoms with Crippen LogP contribution in [0.4, 0.5) is 11.4 Å². The summed E-state index contributed by atoms with van der Waals surface area (Å²) in [5.41, 5.74) is 0.743. The van der Waals surface area contributed by atoms with Gasteiger partial charge in [-0.05, 0) is 32.5 Å². The van der Waals surface area contributed by atoms with Crippen LogP contribution in [0.3, 0.4) is 0 Å². The highest BCUT2D eigenvalue weighted by Crippen LogP contribution is 2.28. The number of nitrogens with one attached hydrogen (secondary N) is 1. The molecule has 1 saturated heterocycles. The van der Waals surface area contributed by atoms with Crippen molar-refractivity contribution in [2.75, 3.05) is 18.9 Å². The molecule has 0 aromatic heterocycles. The van der Waals surface area contributed by atoms with Crippen molar-refractivity contribution in [3.8, 4) is 6.07 Å². The van der Waals surface area contributed by atoms with E-state index >= 15 is 0 Å². The highest BCUT2D eigenvalue weighted by atomic mass is 16.6. The maximum Gasteiger partial charge on any atom is 0.293 e. The lowest BCUT2D eigenvalue weighted by molar-refractivity contribution is -0.384. The summed E-state index contributed by atoms with van der Waals surface area (Å²) in [5, 5.41) is 23.0. The van der Waals surface area contributed by atoms with Crippen molar-refractivity contribution in [3.05, 3.63) is 33.9 Å². The van der Waals surface area contributed by atoms with Crippen molar-refractivity contribution in [2.24, 2.45) is 0 Å². The van der Waals surface area contributed by atoms with Crippen molar-refractivity contribution in [2.45, 2.75) is 25.4 Å². The maximum absolute atomic E-state index is 11.0. The molecule has 0 spiro atoms. The van der Waals surface area contributed by atoms with Crippen LogP contribution in [0.2, 0.25) is 0 Å². The first kappa shape index (κ1) is 13.3. The van der Waals surface area contributed by atoms with E-state index in [-0.39, 0.29) is 11.7 Å². The summed E-state index contributed by atoms with van der Waals surface area (Å²) in [4.78, 5) is 12.8. The molecule has 1 N–H and O–H groups in total. The second-order valence-electron chi connectivity index (χ2n) is 4.97. The van der Waals surface area contributed by atoms with Crippen LogP contribution in [0.25, 0.3) is 0 Å². The van der Waals surface area contributed by atoms with Gasteiger partial charge in [-0.25, -0.2) is 0 Å². The second-order valence-corrected chi connectivity index (χ2v) is 4.97. The molecule has 1 aliphatic rings. The summed E-state index contributed by atoms with van der Waals surface area (Å²) >= 11 is 0. The minimum atomic E-state index is -0.453. The molecule has 6 nitrogen and oxygen atoms in total. The van der Waals surface area contributed by atoms with E-state index < -0.39 is 4.92 Å². The van der Waals surface area contributed by atoms with Crippen molar-refractivity contribution in [1.82, 2.24) is 4.90 Å². The summed E-state index contributed by atoms with van der Waals surface area (Å²) < 4.78 is 0. The highest BCUT2D eigenvalue weighted by Gasteiger charge is 2.27. The molecule has 0 saturated carbocycles. The molecule has 6 heteroatoms. The summed E-state index contributed by atoms with van der Waals surface area (Å²) in [6.07, 6.45) is 0.952. The summed E-state index contributed by atoms with van der Waals surface area (Å²) in [7, 11) is 2.04. The van der Waals surface area contributed by atoms with Crippen LogP contribution in [-0.2, 0) is 0 Å². The standard InChI is InChI=1S/C13H16N4O2/c1-9-5-11(8-16(9)2)15-12-4-3-10(7-14)6-13(12)17(18)19/h3-4,6,9,11,15H,5,8H2,1-2H3. The van der Waals surface area contributed by atoms with Gasteiger partial charge in [0.1, 0.15) is 5.69 Å². The first-order chi connectivity index (χ1) is 9.01. The lowest BCUT2D eigenvalue weighted by Gasteiger charge is -2.14. The zero-order chi connectivity index (χ0) is 14.0. The Morgan fingerprint density at radius 3 is 2.84 bits per heavy atom. The van der Waals surface area contributed by atoms with E-state index in [9.17, 15) is 10.1 Å². The third kappa shape index (κ3) is 2.83. The van der Waals surface area contributed by atoms with Gasteiger partial charge in [0.25, 0.3) is 5.69 Å². The third-order valence-electron chi connectivity index (χ3n) is 3.57. The first-order valence-electron chi connectivity index (χ1n) is 6.16. The van der Waals surface area contributed by atoms with Crippen LogP contribution in [0.1, 0.15) is 18.9 Å². The first-order valence-corrected chi connectivity index (χ1v) is 6.16. The van der Waals surface area contributed by atoms with E-state index in [2.05, 4.69) is 17.1 Å². The Hall–Kier alpha value is -2.13. The van der Waals surface area contributed by atoms with Crippen LogP contribution in [-0.4, -0.2) is 35.5 Å². The summed E-state index contributed by atoms with van der Waals surface area (Å²) in [6, 6.07) is 7.10. The number of nitriles is 1. The Morgan fingerprint density at radius 1 is 1.58 bits per heavy atom. The van der Waals surface area contributed by atoms with Gasteiger partial charge >= 0.3 is 0 Å². The summed E-state index contributed by atoms with van der Waals surface area (Å²) in [5.74, 6) is 0. The molecule has 1 fully saturated rings. The van der Waals surface area contributed by atoms with E-state index in [4.69, 9.17) is 5.26 Å². The van der Waals surface area contributed by atoms with E-state index in [1.807, 2.05) is 13.1 Å². The van der Waals surface area contributed by atoms with E-state index in [1.54, 1.807) is 12.1 Å². The van der Waals surface area contributed by atoms with Crippen molar-refractivity contribution >= 4 is 11.4 Å². The number of likely N-dealkylation sites (N-methyl/N-ethyl adjacent to an activating group) is 1. The minimum Gasteiger partial charge on any atom is -0.375 e. The largest absolute Gasteiger partial charge is 0.375 e. The minimum absolute atomic E-state index is 0.0405. The predicted octanol–water partition coefficient (Wildman–Crippen LogP) is 1.97. The molecule has 2 rings (SSSR count). The summed E-state index contributed by atoms with van der Waals surface area (Å²) in [6.45, 7) is 2.99. The van der Waals surface area contributed by atoms with E-state index in [0.717, 1.165) is 13.0 Å². The van der Waals surface area contributed by atoms with Gasteiger partial charge in [0, 0.05) is 24.7 Å². The van der Waals surface area contributed by atoms with Gasteiger partial charge in [0.05, 0.1) is 16.6 Å². The number of hydrogen-bond acceptors (Lipinski definition) is 5. The van der Waals surface area contributed by atoms with Gasteiger partial charge in [-0.3, -0.25) is 10.1 Å². The highest BCUT2D eigenvalue weighted by molar-refractivity contribution is 5.64. The number of anilines is 1. The fourth-order valence-electron chi connectivity index (χ4n) is 2.39. The molecular weight excluding hydrogens is 244 g/mol. The Labute approximate surface area is 111 Å². The number of benzene rings is 1. The fraction of sp³-hybridized carbons (Fsp3) is 0.462. The van der Waals surface area contributed by atoms with Crippen molar-refractivity contribution in [1.29, 1.82) is 5.26 Å². The smallest absolute Gasteiger partial charge is 0.293 e. The van der Waals surface area contributed by atoms with Gasteiger partial charge in [-0.15, -0.1) is 0 Å². The van der Waals surface area contributed by atoms with Gasteiger partial charge < -0.3 is 10.2 Å². The van der Waals surface area contributed by atoms with Crippen LogP contribution in [0, 0.1) is 21.4 Å². The van der Waals surface area contributed by atoms with Crippen LogP contribution < -0.4 is 5.32 Å². The van der Waals surface area contributed by atoms with Gasteiger partial charge in [0.15, 0.2) is 0 Å². The molecule has 2 unspecified atom stereocenters.